The number of carboxylic acids is 1. The molecule has 0 bridgehead atoms. The van der Waals surface area contributed by atoms with Crippen molar-refractivity contribution in [1.82, 2.24) is 19.4 Å². The van der Waals surface area contributed by atoms with Crippen LogP contribution in [0.15, 0.2) is 58.6 Å². The maximum absolute atomic E-state index is 16.2. The first kappa shape index (κ1) is 39.6. The minimum Gasteiger partial charge on any atom is -0.493 e. The summed E-state index contributed by atoms with van der Waals surface area (Å²) in [4.78, 5) is 57.6. The average Bonchev–Trinajstić information content (AvgIpc) is 3.44. The van der Waals surface area contributed by atoms with Crippen LogP contribution in [-0.2, 0) is 17.8 Å². The van der Waals surface area contributed by atoms with Crippen LogP contribution >= 0.6 is 0 Å². The van der Waals surface area contributed by atoms with Gasteiger partial charge in [-0.2, -0.15) is 4.98 Å². The largest absolute Gasteiger partial charge is 0.493 e. The van der Waals surface area contributed by atoms with Gasteiger partial charge in [0, 0.05) is 68.2 Å². The Kier molecular flexibility index (Phi) is 10.7. The number of pyridine rings is 1. The molecule has 7 rings (SSSR count). The lowest BCUT2D eigenvalue weighted by Gasteiger charge is -2.42. The highest BCUT2D eigenvalue weighted by atomic mass is 19.1. The number of benzene rings is 3. The number of nitrogens with two attached hydrogens (primary N) is 1. The summed E-state index contributed by atoms with van der Waals surface area (Å²) >= 11 is 0. The monoisotopic (exact) mass is 796 g/mol. The number of hydrogen-bond acceptors (Lipinski definition) is 12. The predicted molar refractivity (Wildman–Crippen MR) is 214 cm³/mol. The summed E-state index contributed by atoms with van der Waals surface area (Å²) in [6, 6.07) is 9.98. The minimum absolute atomic E-state index is 0.00592. The predicted octanol–water partition coefficient (Wildman–Crippen LogP) is 4.93. The first-order valence-corrected chi connectivity index (χ1v) is 18.5. The van der Waals surface area contributed by atoms with Gasteiger partial charge < -0.3 is 34.5 Å². The number of aromatic carboxylic acids is 1. The summed E-state index contributed by atoms with van der Waals surface area (Å²) in [6.07, 6.45) is 3.01. The Hall–Kier alpha value is -6.62. The fraction of sp³-hybridized carbons (Fsp3) is 0.317. The van der Waals surface area contributed by atoms with Crippen molar-refractivity contribution >= 4 is 51.6 Å². The first-order valence-electron chi connectivity index (χ1n) is 18.5. The van der Waals surface area contributed by atoms with Gasteiger partial charge in [0.15, 0.2) is 23.1 Å². The van der Waals surface area contributed by atoms with Crippen LogP contribution < -0.4 is 35.2 Å². The third-order valence-corrected chi connectivity index (χ3v) is 10.6. The zero-order valence-corrected chi connectivity index (χ0v) is 32.8. The Bertz CT molecular complexity index is 2550. The molecule has 1 atom stereocenters. The van der Waals surface area contributed by atoms with Crippen molar-refractivity contribution in [1.29, 1.82) is 0 Å². The molecular formula is C41H42F2N8O7. The lowest BCUT2D eigenvalue weighted by atomic mass is 10.1. The van der Waals surface area contributed by atoms with Gasteiger partial charge in [-0.15, -0.1) is 0 Å². The number of aromatic nitrogens is 3. The molecule has 4 heterocycles. The van der Waals surface area contributed by atoms with Crippen molar-refractivity contribution in [2.75, 3.05) is 63.2 Å². The van der Waals surface area contributed by atoms with E-state index in [1.807, 2.05) is 49.1 Å². The Morgan fingerprint density at radius 3 is 2.40 bits per heavy atom. The number of nitrogen functional groups attached to an aromatic ring is 1. The van der Waals surface area contributed by atoms with E-state index in [-0.39, 0.29) is 61.2 Å². The van der Waals surface area contributed by atoms with Crippen molar-refractivity contribution in [2.24, 2.45) is 4.99 Å². The molecule has 2 aromatic heterocycles. The molecule has 0 radical (unpaired) electrons. The standard InChI is InChI=1S/C41H42F2N8O7/c1-7-48-19-26(40(54)55)36(52)32-29(48)16-27(42)35(33(32)43)49-10-11-50(22(3)18-49)20-51-28-9-8-21(2)12-25(28)34(39(51)53)46-41-45-17-24(38(44)47-41)13-23-14-30(56-4)37(58-6)31(15-23)57-5/h8-9,12,14-17,19,22H,7,10-11,13,18,20H2,1-6H3,(H,54,55)(H2,44,45,47)/b46-34+. The molecule has 17 heteroatoms. The number of fused-ring (bicyclic) bond motifs is 2. The topological polar surface area (TPSA) is 178 Å². The van der Waals surface area contributed by atoms with Gasteiger partial charge >= 0.3 is 5.97 Å². The number of carbonyl (C=O) groups is 2. The molecule has 1 amide bonds. The number of carbonyl (C=O) groups excluding carboxylic acids is 1. The van der Waals surface area contributed by atoms with Gasteiger partial charge in [-0.25, -0.2) is 23.6 Å². The molecule has 0 aliphatic carbocycles. The van der Waals surface area contributed by atoms with Gasteiger partial charge in [0.2, 0.25) is 11.2 Å². The van der Waals surface area contributed by atoms with Crippen molar-refractivity contribution in [2.45, 2.75) is 39.8 Å². The second-order valence-corrected chi connectivity index (χ2v) is 14.1. The number of methoxy groups -OCH3 is 3. The van der Waals surface area contributed by atoms with Gasteiger partial charge in [-0.05, 0) is 50.6 Å². The molecule has 2 aliphatic heterocycles. The lowest BCUT2D eigenvalue weighted by molar-refractivity contribution is -0.112. The van der Waals surface area contributed by atoms with E-state index < -0.39 is 39.7 Å². The summed E-state index contributed by atoms with van der Waals surface area (Å²) in [5.74, 6) is -2.23. The molecule has 3 aromatic carbocycles. The number of ether oxygens (including phenoxy) is 3. The van der Waals surface area contributed by atoms with Crippen LogP contribution in [0.25, 0.3) is 10.9 Å². The number of carboxylic acid groups (broad SMARTS) is 1. The molecule has 2 aliphatic rings. The highest BCUT2D eigenvalue weighted by molar-refractivity contribution is 6.54. The zero-order valence-electron chi connectivity index (χ0n) is 32.8. The summed E-state index contributed by atoms with van der Waals surface area (Å²) < 4.78 is 49.6. The number of halogens is 2. The van der Waals surface area contributed by atoms with Crippen molar-refractivity contribution < 1.29 is 37.7 Å². The summed E-state index contributed by atoms with van der Waals surface area (Å²) in [7, 11) is 4.59. The van der Waals surface area contributed by atoms with E-state index in [4.69, 9.17) is 19.9 Å². The SMILES string of the molecule is CCn1cc(C(=O)O)c(=O)c2c(F)c(N3CCN(CN4C(=O)/C(=N/c5ncc(Cc6cc(OC)c(OC)c(OC)c6)c(N)n5)c5cc(C)ccc54)C(C)C3)c(F)cc21. The van der Waals surface area contributed by atoms with Crippen LogP contribution in [-0.4, -0.2) is 95.8 Å². The summed E-state index contributed by atoms with van der Waals surface area (Å²) in [5, 5.41) is 9.12. The van der Waals surface area contributed by atoms with Crippen LogP contribution in [0.2, 0.25) is 0 Å². The number of hydrogen-bond donors (Lipinski definition) is 2. The highest BCUT2D eigenvalue weighted by Crippen LogP contribution is 2.39. The Morgan fingerprint density at radius 2 is 1.78 bits per heavy atom. The third kappa shape index (κ3) is 7.01. The van der Waals surface area contributed by atoms with Gasteiger partial charge in [0.25, 0.3) is 11.9 Å². The number of amides is 1. The van der Waals surface area contributed by atoms with Crippen LogP contribution in [0.5, 0.6) is 17.2 Å². The molecule has 58 heavy (non-hydrogen) atoms. The molecule has 0 spiro atoms. The van der Waals surface area contributed by atoms with Crippen LogP contribution in [0.4, 0.5) is 31.9 Å². The maximum atomic E-state index is 16.2. The minimum atomic E-state index is -1.50. The van der Waals surface area contributed by atoms with Gasteiger partial charge in [-0.3, -0.25) is 19.4 Å². The van der Waals surface area contributed by atoms with E-state index >= 15 is 8.78 Å². The van der Waals surface area contributed by atoms with Crippen LogP contribution in [0.3, 0.4) is 0 Å². The fourth-order valence-corrected chi connectivity index (χ4v) is 7.58. The van der Waals surface area contributed by atoms with Crippen LogP contribution in [0, 0.1) is 18.6 Å². The van der Waals surface area contributed by atoms with Gasteiger partial charge in [-0.1, -0.05) is 11.6 Å². The van der Waals surface area contributed by atoms with E-state index in [0.717, 1.165) is 23.4 Å². The molecule has 1 unspecified atom stereocenters. The first-order chi connectivity index (χ1) is 27.8. The highest BCUT2D eigenvalue weighted by Gasteiger charge is 2.38. The number of rotatable bonds is 11. The molecule has 0 saturated carbocycles. The smallest absolute Gasteiger partial charge is 0.341 e. The number of aliphatic imine (C=N–C) groups is 1. The molecule has 15 nitrogen and oxygen atoms in total. The molecule has 1 fully saturated rings. The zero-order chi connectivity index (χ0) is 41.6. The van der Waals surface area contributed by atoms with Crippen molar-refractivity contribution in [3.8, 4) is 17.2 Å². The molecule has 1 saturated heterocycles. The Morgan fingerprint density at radius 1 is 1.05 bits per heavy atom. The Labute approximate surface area is 331 Å². The lowest BCUT2D eigenvalue weighted by Crippen LogP contribution is -2.56. The van der Waals surface area contributed by atoms with Crippen molar-refractivity contribution in [3.63, 3.8) is 0 Å². The quantitative estimate of drug-likeness (QED) is 0.185. The summed E-state index contributed by atoms with van der Waals surface area (Å²) in [6.45, 7) is 6.41. The fourth-order valence-electron chi connectivity index (χ4n) is 7.58. The second-order valence-electron chi connectivity index (χ2n) is 14.1. The van der Waals surface area contributed by atoms with Crippen molar-refractivity contribution in [3.05, 3.63) is 98.5 Å². The molecule has 3 N–H and O–H groups in total. The maximum Gasteiger partial charge on any atom is 0.341 e. The number of anilines is 3. The Balaban J connectivity index is 1.12. The van der Waals surface area contributed by atoms with Crippen LogP contribution in [0.1, 0.15) is 46.5 Å². The van der Waals surface area contributed by atoms with E-state index in [1.54, 1.807) is 18.0 Å². The summed E-state index contributed by atoms with van der Waals surface area (Å²) in [5.41, 5.74) is 8.06. The average molecular weight is 797 g/mol. The normalized spacial score (nSPS) is 16.3. The van der Waals surface area contributed by atoms with E-state index in [0.29, 0.717) is 47.0 Å². The molecular weight excluding hydrogens is 754 g/mol. The van der Waals surface area contributed by atoms with Gasteiger partial charge in [0.1, 0.15) is 22.8 Å². The van der Waals surface area contributed by atoms with Gasteiger partial charge in [0.05, 0.1) is 44.6 Å². The number of piperazine rings is 1. The molecule has 5 aromatic rings. The second kappa shape index (κ2) is 15.7. The number of aryl methyl sites for hydroxylation is 2. The van der Waals surface area contributed by atoms with E-state index in [1.165, 1.54) is 30.8 Å². The number of nitrogens with zero attached hydrogens (tertiary/aromatic N) is 7. The molecule has 302 valence electrons. The van der Waals surface area contributed by atoms with E-state index in [9.17, 15) is 19.5 Å². The van der Waals surface area contributed by atoms with E-state index in [2.05, 4.69) is 15.0 Å². The third-order valence-electron chi connectivity index (χ3n) is 10.6.